The highest BCUT2D eigenvalue weighted by Gasteiger charge is 2.21. The van der Waals surface area contributed by atoms with E-state index in [4.69, 9.17) is 14.5 Å². The van der Waals surface area contributed by atoms with E-state index in [1.165, 1.54) is 0 Å². The van der Waals surface area contributed by atoms with Crippen LogP contribution in [0.5, 0.6) is 0 Å². The molecule has 12 heteroatoms. The van der Waals surface area contributed by atoms with Gasteiger partial charge in [-0.05, 0) is 60.3 Å². The van der Waals surface area contributed by atoms with Gasteiger partial charge in [0, 0.05) is 78.4 Å². The van der Waals surface area contributed by atoms with Crippen LogP contribution in [0.3, 0.4) is 0 Å². The Balaban J connectivity index is 1.80. The molecule has 1 heterocycles. The van der Waals surface area contributed by atoms with Crippen molar-refractivity contribution in [3.63, 3.8) is 0 Å². The number of azide groups is 1. The average molecular weight is 592 g/mol. The largest absolute Gasteiger partial charge is 0.456 e. The third kappa shape index (κ3) is 7.27. The molecule has 2 N–H and O–H groups in total. The molecular formula is C30H35N6O5S+. The van der Waals surface area contributed by atoms with Crippen molar-refractivity contribution in [2.45, 2.75) is 19.8 Å². The Morgan fingerprint density at radius 3 is 2.55 bits per heavy atom. The zero-order valence-corrected chi connectivity index (χ0v) is 25.0. The monoisotopic (exact) mass is 591 g/mol. The maximum Gasteiger partial charge on any atom is 0.265 e. The normalized spacial score (nSPS) is 12.2. The Hall–Kier alpha value is -4.38. The summed E-state index contributed by atoms with van der Waals surface area (Å²) in [5.41, 5.74) is 14.4. The predicted molar refractivity (Wildman–Crippen MR) is 165 cm³/mol. The zero-order valence-electron chi connectivity index (χ0n) is 24.2. The molecule has 0 aromatic heterocycles. The summed E-state index contributed by atoms with van der Waals surface area (Å²) in [6.07, 6.45) is 0.845. The fourth-order valence-electron chi connectivity index (χ4n) is 4.87. The lowest BCUT2D eigenvalue weighted by Crippen LogP contribution is -2.28. The lowest BCUT2D eigenvalue weighted by molar-refractivity contribution is 0.0953. The number of nitrogens with zero attached hydrogens (tertiary/aromatic N) is 5. The SMILES string of the molecule is Cc1cc(C(=O)NCCCN=[N+]=[N-])ccc1-c1c2cc/c(=[N+](/C)CCCS(=O)(=O)O)cc-2oc2cc(N(C)C)ccc12. The number of rotatable bonds is 11. The van der Waals surface area contributed by atoms with Crippen LogP contribution < -0.4 is 20.1 Å². The van der Waals surface area contributed by atoms with Gasteiger partial charge in [0.2, 0.25) is 5.36 Å². The first-order valence-corrected chi connectivity index (χ1v) is 15.2. The van der Waals surface area contributed by atoms with Crippen molar-refractivity contribution in [3.8, 4) is 22.5 Å². The smallest absolute Gasteiger partial charge is 0.265 e. The zero-order chi connectivity index (χ0) is 30.4. The van der Waals surface area contributed by atoms with Gasteiger partial charge in [-0.15, -0.1) is 0 Å². The molecule has 0 atom stereocenters. The molecule has 0 saturated heterocycles. The molecule has 4 rings (SSSR count). The van der Waals surface area contributed by atoms with Crippen LogP contribution in [-0.4, -0.2) is 65.4 Å². The van der Waals surface area contributed by atoms with Crippen molar-refractivity contribution in [1.82, 2.24) is 9.89 Å². The minimum Gasteiger partial charge on any atom is -0.456 e. The second kappa shape index (κ2) is 13.1. The van der Waals surface area contributed by atoms with Crippen molar-refractivity contribution in [2.75, 3.05) is 51.4 Å². The maximum atomic E-state index is 12.7. The lowest BCUT2D eigenvalue weighted by Gasteiger charge is -2.19. The van der Waals surface area contributed by atoms with Crippen LogP contribution in [0.1, 0.15) is 28.8 Å². The molecule has 0 radical (unpaired) electrons. The third-order valence-electron chi connectivity index (χ3n) is 7.08. The van der Waals surface area contributed by atoms with E-state index >= 15 is 0 Å². The summed E-state index contributed by atoms with van der Waals surface area (Å²) in [5, 5.41) is 8.13. The number of amides is 1. The fourth-order valence-corrected chi connectivity index (χ4v) is 5.36. The van der Waals surface area contributed by atoms with Crippen LogP contribution in [0, 0.1) is 6.92 Å². The second-order valence-corrected chi connectivity index (χ2v) is 12.0. The Labute approximate surface area is 244 Å². The Kier molecular flexibility index (Phi) is 9.52. The highest BCUT2D eigenvalue weighted by Crippen LogP contribution is 2.41. The van der Waals surface area contributed by atoms with E-state index in [0.29, 0.717) is 43.0 Å². The van der Waals surface area contributed by atoms with Crippen LogP contribution in [0.15, 0.2) is 64.1 Å². The third-order valence-corrected chi connectivity index (χ3v) is 7.89. The first-order valence-electron chi connectivity index (χ1n) is 13.6. The van der Waals surface area contributed by atoms with Gasteiger partial charge in [0.25, 0.3) is 16.0 Å². The fraction of sp³-hybridized carbons (Fsp3) is 0.333. The van der Waals surface area contributed by atoms with E-state index < -0.39 is 10.1 Å². The van der Waals surface area contributed by atoms with Crippen molar-refractivity contribution in [1.29, 1.82) is 0 Å². The van der Waals surface area contributed by atoms with Gasteiger partial charge in [0.05, 0.1) is 11.8 Å². The highest BCUT2D eigenvalue weighted by molar-refractivity contribution is 7.85. The van der Waals surface area contributed by atoms with Gasteiger partial charge in [-0.3, -0.25) is 9.35 Å². The molecule has 1 amide bonds. The first-order chi connectivity index (χ1) is 20.0. The molecule has 1 aliphatic carbocycles. The number of carbonyl (C=O) groups is 1. The molecule has 2 aromatic carbocycles. The summed E-state index contributed by atoms with van der Waals surface area (Å²) < 4.78 is 39.7. The minimum atomic E-state index is -4.02. The van der Waals surface area contributed by atoms with Gasteiger partial charge in [0.1, 0.15) is 24.9 Å². The minimum absolute atomic E-state index is 0.194. The number of hydrogen-bond acceptors (Lipinski definition) is 6. The van der Waals surface area contributed by atoms with E-state index in [1.54, 1.807) is 6.07 Å². The number of anilines is 1. The van der Waals surface area contributed by atoms with Crippen LogP contribution >= 0.6 is 0 Å². The van der Waals surface area contributed by atoms with Crippen LogP contribution in [0.25, 0.3) is 43.9 Å². The maximum absolute atomic E-state index is 12.7. The van der Waals surface area contributed by atoms with Crippen molar-refractivity contribution < 1.29 is 22.2 Å². The quantitative estimate of drug-likeness (QED) is 0.0491. The molecule has 1 aliphatic heterocycles. The van der Waals surface area contributed by atoms with Crippen molar-refractivity contribution in [3.05, 3.63) is 81.5 Å². The Morgan fingerprint density at radius 2 is 1.86 bits per heavy atom. The molecule has 0 bridgehead atoms. The average Bonchev–Trinajstić information content (AvgIpc) is 2.94. The Morgan fingerprint density at radius 1 is 1.10 bits per heavy atom. The van der Waals surface area contributed by atoms with Gasteiger partial charge in [-0.25, -0.2) is 4.58 Å². The first kappa shape index (κ1) is 30.6. The standard InChI is InChI=1S/C30H34N6O5S/c1-20-17-21(30(37)32-13-5-14-33-34-31)7-10-24(20)29-25-11-8-22(35(2)3)18-27(25)41-28-19-23(9-12-26(28)29)36(4)15-6-16-42(38,39)40/h7-12,17-19H,5-6,13-16H2,1-4H3,(H-,32,37,38,39,40)/p+1. The van der Waals surface area contributed by atoms with Gasteiger partial charge in [0.15, 0.2) is 0 Å². The number of aryl methyl sites for hydroxylation is 1. The predicted octanol–water partition coefficient (Wildman–Crippen LogP) is 4.69. The van der Waals surface area contributed by atoms with E-state index in [0.717, 1.165) is 38.7 Å². The molecule has 0 unspecified atom stereocenters. The van der Waals surface area contributed by atoms with Crippen LogP contribution in [0.4, 0.5) is 5.69 Å². The molecule has 0 saturated carbocycles. The van der Waals surface area contributed by atoms with Gasteiger partial charge in [-0.1, -0.05) is 11.2 Å². The van der Waals surface area contributed by atoms with Crippen molar-refractivity contribution in [2.24, 2.45) is 5.11 Å². The summed E-state index contributed by atoms with van der Waals surface area (Å²) >= 11 is 0. The van der Waals surface area contributed by atoms with Gasteiger partial charge in [-0.2, -0.15) is 8.42 Å². The lowest BCUT2D eigenvalue weighted by atomic mass is 9.90. The van der Waals surface area contributed by atoms with Gasteiger partial charge < -0.3 is 14.6 Å². The number of carbonyl (C=O) groups excluding carboxylic acids is 1. The number of fused-ring (bicyclic) bond motifs is 2. The highest BCUT2D eigenvalue weighted by atomic mass is 32.2. The van der Waals surface area contributed by atoms with Crippen LogP contribution in [0.2, 0.25) is 0 Å². The molecule has 11 nitrogen and oxygen atoms in total. The van der Waals surface area contributed by atoms with E-state index in [1.807, 2.05) is 86.1 Å². The van der Waals surface area contributed by atoms with Gasteiger partial charge >= 0.3 is 0 Å². The number of hydrogen-bond donors (Lipinski definition) is 2. The second-order valence-electron chi connectivity index (χ2n) is 10.4. The van der Waals surface area contributed by atoms with Crippen molar-refractivity contribution >= 4 is 32.7 Å². The number of nitrogens with one attached hydrogen (secondary N) is 1. The molecule has 0 spiro atoms. The molecular weight excluding hydrogens is 556 g/mol. The summed E-state index contributed by atoms with van der Waals surface area (Å²) in [5.74, 6) is 0.162. The molecule has 42 heavy (non-hydrogen) atoms. The molecule has 0 fully saturated rings. The van der Waals surface area contributed by atoms with E-state index in [2.05, 4.69) is 15.3 Å². The molecule has 2 aliphatic rings. The summed E-state index contributed by atoms with van der Waals surface area (Å²) in [7, 11) is 1.78. The topological polar surface area (TPSA) is 152 Å². The molecule has 220 valence electrons. The van der Waals surface area contributed by atoms with E-state index in [9.17, 15) is 13.2 Å². The summed E-state index contributed by atoms with van der Waals surface area (Å²) in [6.45, 7) is 3.15. The summed E-state index contributed by atoms with van der Waals surface area (Å²) in [6, 6.07) is 17.6. The van der Waals surface area contributed by atoms with E-state index in [-0.39, 0.29) is 18.1 Å². The van der Waals surface area contributed by atoms with Crippen LogP contribution in [-0.2, 0) is 10.1 Å². The Bertz CT molecular complexity index is 1820. The number of benzene rings is 3. The molecule has 2 aromatic rings. The summed E-state index contributed by atoms with van der Waals surface area (Å²) in [4.78, 5) is 17.5.